The molecule has 1 aromatic heterocycles. The number of rotatable bonds is 8. The first kappa shape index (κ1) is 15.6. The van der Waals surface area contributed by atoms with Gasteiger partial charge in [-0.25, -0.2) is 0 Å². The molecule has 0 unspecified atom stereocenters. The Morgan fingerprint density at radius 3 is 2.68 bits per heavy atom. The SMILES string of the molecule is CCc1nnc(C)cc1C(=O)NCCCCCCN. The van der Waals surface area contributed by atoms with Crippen molar-refractivity contribution in [1.82, 2.24) is 15.5 Å². The third kappa shape index (κ3) is 5.34. The average Bonchev–Trinajstić information content (AvgIpc) is 2.42. The number of aromatic nitrogens is 2. The Morgan fingerprint density at radius 2 is 2.00 bits per heavy atom. The Bertz CT molecular complexity index is 406. The van der Waals surface area contributed by atoms with E-state index in [9.17, 15) is 4.79 Å². The van der Waals surface area contributed by atoms with E-state index in [1.54, 1.807) is 6.07 Å². The Kier molecular flexibility index (Phi) is 7.03. The molecule has 0 saturated heterocycles. The molecule has 0 aromatic carbocycles. The third-order valence-electron chi connectivity index (χ3n) is 2.99. The van der Waals surface area contributed by atoms with Crippen molar-refractivity contribution >= 4 is 5.91 Å². The number of nitrogens with zero attached hydrogens (tertiary/aromatic N) is 2. The molecule has 1 heterocycles. The second-order valence-electron chi connectivity index (χ2n) is 4.66. The van der Waals surface area contributed by atoms with Crippen LogP contribution in [0.1, 0.15) is 54.4 Å². The van der Waals surface area contributed by atoms with Crippen LogP contribution >= 0.6 is 0 Å². The van der Waals surface area contributed by atoms with E-state index in [-0.39, 0.29) is 5.91 Å². The summed E-state index contributed by atoms with van der Waals surface area (Å²) >= 11 is 0. The molecule has 1 rings (SSSR count). The zero-order valence-corrected chi connectivity index (χ0v) is 11.9. The lowest BCUT2D eigenvalue weighted by Gasteiger charge is -2.08. The fourth-order valence-electron chi connectivity index (χ4n) is 1.89. The summed E-state index contributed by atoms with van der Waals surface area (Å²) in [5.41, 5.74) is 7.61. The van der Waals surface area contributed by atoms with Crippen LogP contribution in [0.5, 0.6) is 0 Å². The van der Waals surface area contributed by atoms with Gasteiger partial charge in [-0.1, -0.05) is 19.8 Å². The quantitative estimate of drug-likeness (QED) is 0.699. The summed E-state index contributed by atoms with van der Waals surface area (Å²) in [5, 5.41) is 11.0. The second-order valence-corrected chi connectivity index (χ2v) is 4.66. The van der Waals surface area contributed by atoms with Crippen molar-refractivity contribution in [3.05, 3.63) is 23.0 Å². The predicted molar refractivity (Wildman–Crippen MR) is 76.0 cm³/mol. The van der Waals surface area contributed by atoms with Gasteiger partial charge in [0.15, 0.2) is 0 Å². The molecule has 0 aliphatic heterocycles. The largest absolute Gasteiger partial charge is 0.352 e. The van der Waals surface area contributed by atoms with E-state index in [2.05, 4.69) is 15.5 Å². The number of nitrogens with two attached hydrogens (primary N) is 1. The minimum absolute atomic E-state index is 0.0475. The normalized spacial score (nSPS) is 10.5. The number of unbranched alkanes of at least 4 members (excludes halogenated alkanes) is 3. The standard InChI is InChI=1S/C14H24N4O/c1-3-13-12(10-11(2)17-18-13)14(19)16-9-7-5-4-6-8-15/h10H,3-9,15H2,1-2H3,(H,16,19). The van der Waals surface area contributed by atoms with Gasteiger partial charge in [-0.2, -0.15) is 10.2 Å². The summed E-state index contributed by atoms with van der Waals surface area (Å²) in [6, 6.07) is 1.80. The average molecular weight is 264 g/mol. The van der Waals surface area contributed by atoms with E-state index in [0.717, 1.165) is 43.6 Å². The molecule has 106 valence electrons. The second kappa shape index (κ2) is 8.58. The Hall–Kier alpha value is -1.49. The van der Waals surface area contributed by atoms with E-state index in [1.807, 2.05) is 13.8 Å². The summed E-state index contributed by atoms with van der Waals surface area (Å²) < 4.78 is 0. The molecule has 5 nitrogen and oxygen atoms in total. The molecule has 0 fully saturated rings. The highest BCUT2D eigenvalue weighted by Gasteiger charge is 2.11. The number of nitrogens with one attached hydrogen (secondary N) is 1. The molecule has 0 aliphatic rings. The van der Waals surface area contributed by atoms with Gasteiger partial charge < -0.3 is 11.1 Å². The monoisotopic (exact) mass is 264 g/mol. The molecule has 0 radical (unpaired) electrons. The van der Waals surface area contributed by atoms with E-state index in [4.69, 9.17) is 5.73 Å². The minimum Gasteiger partial charge on any atom is -0.352 e. The number of hydrogen-bond donors (Lipinski definition) is 2. The van der Waals surface area contributed by atoms with Crippen LogP contribution in [0.4, 0.5) is 0 Å². The van der Waals surface area contributed by atoms with Crippen molar-refractivity contribution < 1.29 is 4.79 Å². The molecule has 0 bridgehead atoms. The van der Waals surface area contributed by atoms with Crippen LogP contribution in [0.2, 0.25) is 0 Å². The minimum atomic E-state index is -0.0475. The number of carbonyl (C=O) groups excluding carboxylic acids is 1. The Balaban J connectivity index is 2.43. The van der Waals surface area contributed by atoms with Gasteiger partial charge in [-0.3, -0.25) is 4.79 Å². The molecule has 3 N–H and O–H groups in total. The lowest BCUT2D eigenvalue weighted by atomic mass is 10.1. The molecular weight excluding hydrogens is 240 g/mol. The molecular formula is C14H24N4O. The smallest absolute Gasteiger partial charge is 0.253 e. The van der Waals surface area contributed by atoms with Crippen LogP contribution < -0.4 is 11.1 Å². The van der Waals surface area contributed by atoms with E-state index in [1.165, 1.54) is 0 Å². The summed E-state index contributed by atoms with van der Waals surface area (Å²) in [4.78, 5) is 12.1. The number of aryl methyl sites for hydroxylation is 2. The fraction of sp³-hybridized carbons (Fsp3) is 0.643. The topological polar surface area (TPSA) is 80.9 Å². The Morgan fingerprint density at radius 1 is 1.26 bits per heavy atom. The highest BCUT2D eigenvalue weighted by atomic mass is 16.1. The van der Waals surface area contributed by atoms with Crippen LogP contribution in [-0.2, 0) is 6.42 Å². The summed E-state index contributed by atoms with van der Waals surface area (Å²) in [7, 11) is 0. The van der Waals surface area contributed by atoms with Crippen molar-refractivity contribution in [3.8, 4) is 0 Å². The summed E-state index contributed by atoms with van der Waals surface area (Å²) in [6.07, 6.45) is 4.99. The van der Waals surface area contributed by atoms with Gasteiger partial charge in [0, 0.05) is 6.54 Å². The van der Waals surface area contributed by atoms with E-state index >= 15 is 0 Å². The Labute approximate surface area is 115 Å². The first-order valence-corrected chi connectivity index (χ1v) is 7.00. The number of amides is 1. The predicted octanol–water partition coefficient (Wildman–Crippen LogP) is 1.60. The van der Waals surface area contributed by atoms with Gasteiger partial charge in [0.05, 0.1) is 17.0 Å². The zero-order chi connectivity index (χ0) is 14.1. The molecule has 0 atom stereocenters. The summed E-state index contributed by atoms with van der Waals surface area (Å²) in [5.74, 6) is -0.0475. The van der Waals surface area contributed by atoms with Crippen LogP contribution in [-0.4, -0.2) is 29.2 Å². The van der Waals surface area contributed by atoms with Crippen molar-refractivity contribution in [3.63, 3.8) is 0 Å². The first-order chi connectivity index (χ1) is 9.19. The third-order valence-corrected chi connectivity index (χ3v) is 2.99. The lowest BCUT2D eigenvalue weighted by Crippen LogP contribution is -2.26. The van der Waals surface area contributed by atoms with Crippen LogP contribution in [0.15, 0.2) is 6.07 Å². The van der Waals surface area contributed by atoms with Crippen LogP contribution in [0, 0.1) is 6.92 Å². The van der Waals surface area contributed by atoms with E-state index in [0.29, 0.717) is 18.5 Å². The molecule has 19 heavy (non-hydrogen) atoms. The van der Waals surface area contributed by atoms with Crippen molar-refractivity contribution in [2.24, 2.45) is 5.73 Å². The molecule has 0 saturated carbocycles. The number of hydrogen-bond acceptors (Lipinski definition) is 4. The van der Waals surface area contributed by atoms with Gasteiger partial charge in [-0.05, 0) is 38.8 Å². The summed E-state index contributed by atoms with van der Waals surface area (Å²) in [6.45, 7) is 5.26. The fourth-order valence-corrected chi connectivity index (χ4v) is 1.89. The molecule has 1 aromatic rings. The molecule has 0 aliphatic carbocycles. The van der Waals surface area contributed by atoms with Gasteiger partial charge in [0.2, 0.25) is 0 Å². The van der Waals surface area contributed by atoms with E-state index < -0.39 is 0 Å². The van der Waals surface area contributed by atoms with Crippen molar-refractivity contribution in [2.45, 2.75) is 46.0 Å². The van der Waals surface area contributed by atoms with Crippen LogP contribution in [0.25, 0.3) is 0 Å². The molecule has 1 amide bonds. The maximum absolute atomic E-state index is 12.1. The maximum Gasteiger partial charge on any atom is 0.253 e. The lowest BCUT2D eigenvalue weighted by molar-refractivity contribution is 0.0951. The maximum atomic E-state index is 12.1. The van der Waals surface area contributed by atoms with Gasteiger partial charge in [0.25, 0.3) is 5.91 Å². The first-order valence-electron chi connectivity index (χ1n) is 7.00. The highest BCUT2D eigenvalue weighted by Crippen LogP contribution is 2.07. The van der Waals surface area contributed by atoms with Crippen molar-refractivity contribution in [1.29, 1.82) is 0 Å². The molecule has 5 heteroatoms. The van der Waals surface area contributed by atoms with Gasteiger partial charge in [0.1, 0.15) is 0 Å². The zero-order valence-electron chi connectivity index (χ0n) is 11.9. The van der Waals surface area contributed by atoms with Gasteiger partial charge in [-0.15, -0.1) is 0 Å². The highest BCUT2D eigenvalue weighted by molar-refractivity contribution is 5.95. The van der Waals surface area contributed by atoms with Crippen molar-refractivity contribution in [2.75, 3.05) is 13.1 Å². The molecule has 0 spiro atoms. The number of carbonyl (C=O) groups is 1. The van der Waals surface area contributed by atoms with Gasteiger partial charge >= 0.3 is 0 Å². The van der Waals surface area contributed by atoms with Crippen LogP contribution in [0.3, 0.4) is 0 Å².